The third kappa shape index (κ3) is 4.82. The average Bonchev–Trinajstić information content (AvgIpc) is 2.70. The van der Waals surface area contributed by atoms with Crippen LogP contribution in [0.5, 0.6) is 0 Å². The number of benzene rings is 2. The summed E-state index contributed by atoms with van der Waals surface area (Å²) in [5.74, 6) is -0.571. The zero-order valence-electron chi connectivity index (χ0n) is 16.2. The summed E-state index contributed by atoms with van der Waals surface area (Å²) in [6.07, 6.45) is 2.91. The first kappa shape index (κ1) is 19.3. The zero-order valence-corrected chi connectivity index (χ0v) is 16.2. The van der Waals surface area contributed by atoms with Crippen molar-refractivity contribution in [1.82, 2.24) is 10.3 Å². The van der Waals surface area contributed by atoms with E-state index in [0.717, 1.165) is 16.7 Å². The number of aromatic nitrogens is 1. The summed E-state index contributed by atoms with van der Waals surface area (Å²) in [6.45, 7) is 6.44. The molecule has 0 aliphatic heterocycles. The van der Waals surface area contributed by atoms with Crippen molar-refractivity contribution in [1.29, 1.82) is 0 Å². The number of hydrogen-bond donors (Lipinski definition) is 2. The van der Waals surface area contributed by atoms with E-state index in [4.69, 9.17) is 0 Å². The minimum absolute atomic E-state index is 0.270. The monoisotopic (exact) mass is 373 g/mol. The fourth-order valence-electron chi connectivity index (χ4n) is 2.70. The van der Waals surface area contributed by atoms with Crippen LogP contribution in [0.4, 0.5) is 5.69 Å². The molecular weight excluding hydrogens is 350 g/mol. The van der Waals surface area contributed by atoms with E-state index in [9.17, 15) is 9.59 Å². The summed E-state index contributed by atoms with van der Waals surface area (Å²) < 4.78 is 0. The first-order valence-corrected chi connectivity index (χ1v) is 9.10. The van der Waals surface area contributed by atoms with Gasteiger partial charge in [-0.2, -0.15) is 0 Å². The Morgan fingerprint density at radius 3 is 2.18 bits per heavy atom. The van der Waals surface area contributed by atoms with Crippen LogP contribution in [0.1, 0.15) is 43.0 Å². The van der Waals surface area contributed by atoms with Gasteiger partial charge in [-0.05, 0) is 55.7 Å². The number of hydrogen-bond acceptors (Lipinski definition) is 3. The minimum Gasteiger partial charge on any atom is -0.348 e. The lowest BCUT2D eigenvalue weighted by atomic mass is 10.1. The lowest BCUT2D eigenvalue weighted by molar-refractivity contribution is 0.0950. The van der Waals surface area contributed by atoms with Crippen LogP contribution >= 0.6 is 0 Å². The van der Waals surface area contributed by atoms with Crippen LogP contribution in [0, 0.1) is 20.8 Å². The van der Waals surface area contributed by atoms with Gasteiger partial charge < -0.3 is 10.6 Å². The Balaban J connectivity index is 1.66. The molecule has 0 fully saturated rings. The van der Waals surface area contributed by atoms with E-state index in [2.05, 4.69) is 15.6 Å². The molecule has 0 saturated carbocycles. The van der Waals surface area contributed by atoms with Gasteiger partial charge in [0.1, 0.15) is 0 Å². The highest BCUT2D eigenvalue weighted by Gasteiger charge is 2.12. The standard InChI is InChI=1S/C23H23N3O2/c1-15-4-7-18(8-5-15)12-25-22(27)19-11-20(14-24-13-19)23(28)26-21-9-6-16(2)17(3)10-21/h4-11,13-14H,12H2,1-3H3,(H,25,27)(H,26,28). The van der Waals surface area contributed by atoms with Crippen molar-refractivity contribution in [3.63, 3.8) is 0 Å². The fraction of sp³-hybridized carbons (Fsp3) is 0.174. The van der Waals surface area contributed by atoms with E-state index < -0.39 is 0 Å². The first-order chi connectivity index (χ1) is 13.4. The van der Waals surface area contributed by atoms with Crippen LogP contribution < -0.4 is 10.6 Å². The Bertz CT molecular complexity index is 1010. The Labute approximate surface area is 164 Å². The van der Waals surface area contributed by atoms with Crippen LogP contribution in [-0.2, 0) is 6.54 Å². The largest absolute Gasteiger partial charge is 0.348 e. The van der Waals surface area contributed by atoms with Crippen LogP contribution in [0.25, 0.3) is 0 Å². The SMILES string of the molecule is Cc1ccc(CNC(=O)c2cncc(C(=O)Nc3ccc(C)c(C)c3)c2)cc1. The van der Waals surface area contributed by atoms with Crippen LogP contribution in [0.2, 0.25) is 0 Å². The lowest BCUT2D eigenvalue weighted by Gasteiger charge is -2.09. The van der Waals surface area contributed by atoms with E-state index in [1.165, 1.54) is 18.0 Å². The van der Waals surface area contributed by atoms with Gasteiger partial charge in [0, 0.05) is 24.6 Å². The van der Waals surface area contributed by atoms with Crippen molar-refractivity contribution in [2.75, 3.05) is 5.32 Å². The number of pyridine rings is 1. The van der Waals surface area contributed by atoms with Gasteiger partial charge in [0.05, 0.1) is 11.1 Å². The summed E-state index contributed by atoms with van der Waals surface area (Å²) in [5, 5.41) is 5.70. The van der Waals surface area contributed by atoms with Crippen molar-refractivity contribution in [2.45, 2.75) is 27.3 Å². The Kier molecular flexibility index (Phi) is 5.84. The highest BCUT2D eigenvalue weighted by atomic mass is 16.2. The molecule has 2 amide bonds. The molecule has 0 aliphatic rings. The van der Waals surface area contributed by atoms with Gasteiger partial charge >= 0.3 is 0 Å². The number of aryl methyl sites for hydroxylation is 3. The van der Waals surface area contributed by atoms with Crippen molar-refractivity contribution in [3.05, 3.63) is 94.3 Å². The van der Waals surface area contributed by atoms with E-state index >= 15 is 0 Å². The quantitative estimate of drug-likeness (QED) is 0.704. The molecule has 0 saturated heterocycles. The van der Waals surface area contributed by atoms with Crippen LogP contribution in [0.15, 0.2) is 60.9 Å². The number of carbonyl (C=O) groups is 2. The summed E-state index contributed by atoms with van der Waals surface area (Å²) in [4.78, 5) is 29.0. The van der Waals surface area contributed by atoms with Gasteiger partial charge in [0.15, 0.2) is 0 Å². The molecule has 2 N–H and O–H groups in total. The molecule has 2 aromatic carbocycles. The van der Waals surface area contributed by atoms with E-state index in [0.29, 0.717) is 23.4 Å². The van der Waals surface area contributed by atoms with Crippen molar-refractivity contribution < 1.29 is 9.59 Å². The maximum atomic E-state index is 12.5. The molecule has 28 heavy (non-hydrogen) atoms. The molecule has 0 spiro atoms. The predicted octanol–water partition coefficient (Wildman–Crippen LogP) is 4.19. The van der Waals surface area contributed by atoms with Crippen LogP contribution in [-0.4, -0.2) is 16.8 Å². The highest BCUT2D eigenvalue weighted by Crippen LogP contribution is 2.15. The molecule has 0 aliphatic carbocycles. The van der Waals surface area contributed by atoms with Crippen molar-refractivity contribution in [2.24, 2.45) is 0 Å². The maximum Gasteiger partial charge on any atom is 0.257 e. The molecule has 5 nitrogen and oxygen atoms in total. The number of amides is 2. The van der Waals surface area contributed by atoms with Gasteiger partial charge in [-0.3, -0.25) is 14.6 Å². The molecular formula is C23H23N3O2. The van der Waals surface area contributed by atoms with Gasteiger partial charge in [-0.25, -0.2) is 0 Å². The second-order valence-electron chi connectivity index (χ2n) is 6.88. The number of nitrogens with zero attached hydrogens (tertiary/aromatic N) is 1. The topological polar surface area (TPSA) is 71.1 Å². The molecule has 3 rings (SSSR count). The molecule has 1 aromatic heterocycles. The number of carbonyl (C=O) groups excluding carboxylic acids is 2. The van der Waals surface area contributed by atoms with Crippen LogP contribution in [0.3, 0.4) is 0 Å². The molecule has 142 valence electrons. The predicted molar refractivity (Wildman–Crippen MR) is 110 cm³/mol. The van der Waals surface area contributed by atoms with Gasteiger partial charge in [-0.15, -0.1) is 0 Å². The van der Waals surface area contributed by atoms with Gasteiger partial charge in [0.2, 0.25) is 0 Å². The van der Waals surface area contributed by atoms with E-state index in [-0.39, 0.29) is 11.8 Å². The Morgan fingerprint density at radius 2 is 1.50 bits per heavy atom. The highest BCUT2D eigenvalue weighted by molar-refractivity contribution is 6.05. The number of rotatable bonds is 5. The normalized spacial score (nSPS) is 10.4. The Morgan fingerprint density at radius 1 is 0.821 bits per heavy atom. The lowest BCUT2D eigenvalue weighted by Crippen LogP contribution is -2.23. The molecule has 1 heterocycles. The van der Waals surface area contributed by atoms with Crippen molar-refractivity contribution >= 4 is 17.5 Å². The summed E-state index contributed by atoms with van der Waals surface area (Å²) in [7, 11) is 0. The van der Waals surface area contributed by atoms with E-state index in [1.54, 1.807) is 6.07 Å². The smallest absolute Gasteiger partial charge is 0.257 e. The zero-order chi connectivity index (χ0) is 20.1. The maximum absolute atomic E-state index is 12.5. The number of nitrogens with one attached hydrogen (secondary N) is 2. The molecule has 0 atom stereocenters. The van der Waals surface area contributed by atoms with Gasteiger partial charge in [-0.1, -0.05) is 35.9 Å². The summed E-state index contributed by atoms with van der Waals surface area (Å²) >= 11 is 0. The molecule has 3 aromatic rings. The summed E-state index contributed by atoms with van der Waals surface area (Å²) in [5.41, 5.74) is 5.83. The third-order valence-electron chi connectivity index (χ3n) is 4.60. The van der Waals surface area contributed by atoms with E-state index in [1.807, 2.05) is 63.2 Å². The molecule has 0 radical (unpaired) electrons. The second kappa shape index (κ2) is 8.48. The van der Waals surface area contributed by atoms with Gasteiger partial charge in [0.25, 0.3) is 11.8 Å². The molecule has 0 unspecified atom stereocenters. The summed E-state index contributed by atoms with van der Waals surface area (Å²) in [6, 6.07) is 15.2. The molecule has 5 heteroatoms. The Hall–Kier alpha value is -3.47. The average molecular weight is 373 g/mol. The molecule has 0 bridgehead atoms. The fourth-order valence-corrected chi connectivity index (χ4v) is 2.70. The second-order valence-corrected chi connectivity index (χ2v) is 6.88. The minimum atomic E-state index is -0.302. The van der Waals surface area contributed by atoms with Crippen molar-refractivity contribution in [3.8, 4) is 0 Å². The first-order valence-electron chi connectivity index (χ1n) is 9.10. The third-order valence-corrected chi connectivity index (χ3v) is 4.60. The number of anilines is 1.